The number of piperazine rings is 1. The Morgan fingerprint density at radius 1 is 1.21 bits per heavy atom. The average Bonchev–Trinajstić information content (AvgIpc) is 2.88. The van der Waals surface area contributed by atoms with Gasteiger partial charge >= 0.3 is 18.0 Å². The van der Waals surface area contributed by atoms with Crippen LogP contribution in [0.3, 0.4) is 0 Å². The molecule has 3 aromatic rings. The van der Waals surface area contributed by atoms with Crippen LogP contribution in [0.15, 0.2) is 40.3 Å². The summed E-state index contributed by atoms with van der Waals surface area (Å²) in [6.07, 6.45) is -2.15. The molecule has 0 aliphatic carbocycles. The van der Waals surface area contributed by atoms with Crippen molar-refractivity contribution in [2.45, 2.75) is 69.3 Å². The summed E-state index contributed by atoms with van der Waals surface area (Å²) < 4.78 is 48.3. The Labute approximate surface area is 250 Å². The lowest BCUT2D eigenvalue weighted by atomic mass is 10.0. The van der Waals surface area contributed by atoms with E-state index in [9.17, 15) is 27.9 Å². The fraction of sp³-hybridized carbons (Fsp3) is 0.500. The number of halogens is 4. The van der Waals surface area contributed by atoms with E-state index in [1.54, 1.807) is 68.9 Å². The molecule has 1 amide bonds. The number of aromatic amines is 1. The van der Waals surface area contributed by atoms with E-state index in [1.807, 2.05) is 0 Å². The number of pyridine rings is 1. The number of rotatable bonds is 6. The summed E-state index contributed by atoms with van der Waals surface area (Å²) in [6.45, 7) is 9.05. The van der Waals surface area contributed by atoms with E-state index in [2.05, 4.69) is 15.0 Å². The summed E-state index contributed by atoms with van der Waals surface area (Å²) in [5.41, 5.74) is -1.64. The Balaban J connectivity index is 1.77. The first-order chi connectivity index (χ1) is 19.6. The molecule has 1 saturated heterocycles. The molecule has 0 spiro atoms. The highest BCUT2D eigenvalue weighted by Gasteiger charge is 2.39. The molecule has 4 rings (SSSR count). The normalized spacial score (nSPS) is 18.8. The number of hydrogen-bond acceptors (Lipinski definition) is 8. The molecule has 2 N–H and O–H groups in total. The zero-order valence-corrected chi connectivity index (χ0v) is 25.4. The number of amides is 1. The second-order valence-corrected chi connectivity index (χ2v) is 12.7. The number of alkyl halides is 3. The second-order valence-electron chi connectivity index (χ2n) is 11.3. The lowest BCUT2D eigenvalue weighted by Gasteiger charge is -2.45. The van der Waals surface area contributed by atoms with Gasteiger partial charge in [-0.1, -0.05) is 11.6 Å². The van der Waals surface area contributed by atoms with Crippen LogP contribution in [-0.2, 0) is 10.9 Å². The fourth-order valence-corrected chi connectivity index (χ4v) is 6.68. The Morgan fingerprint density at radius 3 is 2.38 bits per heavy atom. The van der Waals surface area contributed by atoms with E-state index in [0.29, 0.717) is 0 Å². The number of hydrogen-bond donors (Lipinski definition) is 2. The van der Waals surface area contributed by atoms with Crippen LogP contribution in [0.1, 0.15) is 51.7 Å². The lowest BCUT2D eigenvalue weighted by molar-refractivity contribution is -0.137. The number of aromatic nitrogens is 3. The molecule has 1 aromatic carbocycles. The molecular weight excluding hydrogens is 595 g/mol. The van der Waals surface area contributed by atoms with Crippen LogP contribution < -0.4 is 10.6 Å². The smallest absolute Gasteiger partial charge is 0.417 e. The van der Waals surface area contributed by atoms with Crippen molar-refractivity contribution in [3.8, 4) is 0 Å². The number of aliphatic hydroxyl groups is 1. The maximum Gasteiger partial charge on any atom is 0.417 e. The number of aliphatic hydroxyl groups excluding tert-OH is 1. The van der Waals surface area contributed by atoms with Gasteiger partial charge in [-0.3, -0.25) is 9.88 Å². The summed E-state index contributed by atoms with van der Waals surface area (Å²) in [5, 5.41) is 9.52. The number of nitrogens with zero attached hydrogens (tertiary/aromatic N) is 4. The van der Waals surface area contributed by atoms with Gasteiger partial charge in [-0.15, -0.1) is 11.8 Å². The number of benzene rings is 1. The van der Waals surface area contributed by atoms with Crippen molar-refractivity contribution < 1.29 is 27.8 Å². The van der Waals surface area contributed by atoms with Crippen LogP contribution in [0.25, 0.3) is 10.9 Å². The first kappa shape index (κ1) is 31.9. The van der Waals surface area contributed by atoms with Crippen LogP contribution in [0.2, 0.25) is 5.02 Å². The van der Waals surface area contributed by atoms with E-state index >= 15 is 0 Å². The largest absolute Gasteiger partial charge is 0.444 e. The van der Waals surface area contributed by atoms with Crippen molar-refractivity contribution in [3.05, 3.63) is 57.2 Å². The highest BCUT2D eigenvalue weighted by Crippen LogP contribution is 2.45. The van der Waals surface area contributed by atoms with Crippen molar-refractivity contribution >= 4 is 46.2 Å². The van der Waals surface area contributed by atoms with Crippen LogP contribution >= 0.6 is 23.4 Å². The Morgan fingerprint density at radius 2 is 1.83 bits per heavy atom. The van der Waals surface area contributed by atoms with Crippen LogP contribution in [-0.4, -0.2) is 74.2 Å². The van der Waals surface area contributed by atoms with Gasteiger partial charge in [0.1, 0.15) is 11.4 Å². The topological polar surface area (TPSA) is 112 Å². The molecule has 14 heteroatoms. The zero-order chi connectivity index (χ0) is 31.0. The van der Waals surface area contributed by atoms with E-state index in [4.69, 9.17) is 16.3 Å². The third kappa shape index (κ3) is 6.95. The monoisotopic (exact) mass is 627 g/mol. The van der Waals surface area contributed by atoms with E-state index in [-0.39, 0.29) is 47.1 Å². The van der Waals surface area contributed by atoms with Gasteiger partial charge in [0.05, 0.1) is 39.7 Å². The number of nitrogens with one attached hydrogen (secondary N) is 1. The van der Waals surface area contributed by atoms with Gasteiger partial charge in [0.15, 0.2) is 0 Å². The van der Waals surface area contributed by atoms with Gasteiger partial charge in [0.25, 0.3) is 0 Å². The molecule has 228 valence electrons. The number of fused-ring (bicyclic) bond motifs is 1. The third-order valence-electron chi connectivity index (χ3n) is 6.86. The first-order valence-corrected chi connectivity index (χ1v) is 14.7. The molecule has 0 bridgehead atoms. The average molecular weight is 628 g/mol. The summed E-state index contributed by atoms with van der Waals surface area (Å²) in [5.74, 6) is -0.179. The van der Waals surface area contributed by atoms with E-state index < -0.39 is 52.1 Å². The molecule has 1 fully saturated rings. The first-order valence-electron chi connectivity index (χ1n) is 13.3. The van der Waals surface area contributed by atoms with Gasteiger partial charge in [-0.2, -0.15) is 18.2 Å². The molecule has 0 saturated carbocycles. The van der Waals surface area contributed by atoms with Gasteiger partial charge in [-0.25, -0.2) is 9.59 Å². The Kier molecular flexibility index (Phi) is 9.34. The number of H-pyrrole nitrogens is 1. The summed E-state index contributed by atoms with van der Waals surface area (Å²) >= 11 is 7.37. The van der Waals surface area contributed by atoms with Crippen molar-refractivity contribution in [3.63, 3.8) is 0 Å². The molecular formula is C28H33ClF3N5O4S. The van der Waals surface area contributed by atoms with Crippen molar-refractivity contribution in [1.29, 1.82) is 0 Å². The summed E-state index contributed by atoms with van der Waals surface area (Å²) in [6, 6.07) is 3.55. The highest BCUT2D eigenvalue weighted by atomic mass is 35.5. The molecule has 3 heterocycles. The molecule has 0 radical (unpaired) electrons. The minimum atomic E-state index is -4.79. The summed E-state index contributed by atoms with van der Waals surface area (Å²) in [7, 11) is 0. The number of ether oxygens (including phenoxy) is 1. The lowest BCUT2D eigenvalue weighted by Crippen LogP contribution is -2.59. The minimum Gasteiger partial charge on any atom is -0.444 e. The maximum absolute atomic E-state index is 14.2. The van der Waals surface area contributed by atoms with Gasteiger partial charge in [-0.05, 0) is 58.4 Å². The SMILES string of the molecule is C[C@@H]1CN(c2nc(=O)[nH]c3c(SCC(CO)c4ccncc4)c(Cl)c(C(F)(F)F)cc23)C[C@H](C)N1C(=O)OC(C)(C)C. The van der Waals surface area contributed by atoms with Crippen LogP contribution in [0.5, 0.6) is 0 Å². The van der Waals surface area contributed by atoms with Crippen LogP contribution in [0.4, 0.5) is 23.8 Å². The van der Waals surface area contributed by atoms with E-state index in [1.165, 1.54) is 0 Å². The van der Waals surface area contributed by atoms with Crippen molar-refractivity contribution in [1.82, 2.24) is 19.9 Å². The van der Waals surface area contributed by atoms with Gasteiger partial charge < -0.3 is 19.7 Å². The maximum atomic E-state index is 14.2. The highest BCUT2D eigenvalue weighted by molar-refractivity contribution is 7.99. The molecule has 1 aliphatic heterocycles. The van der Waals surface area contributed by atoms with Gasteiger partial charge in [0.2, 0.25) is 0 Å². The molecule has 3 atom stereocenters. The number of thioether (sulfide) groups is 1. The number of carbonyl (C=O) groups excluding carboxylic acids is 1. The standard InChI is InChI=1S/C28H33ClF3N5O4S/c1-15-11-36(12-16(2)37(15)26(40)41-27(3,4)5)24-19-10-20(28(30,31)32)21(29)23(22(19)34-25(39)35-24)42-14-18(13-38)17-6-8-33-9-7-17/h6-10,15-16,18,38H,11-14H2,1-5H3,(H,34,35,39)/t15-,16+,18?. The predicted molar refractivity (Wildman–Crippen MR) is 156 cm³/mol. The minimum absolute atomic E-state index is 0.0308. The molecule has 9 nitrogen and oxygen atoms in total. The number of carbonyl (C=O) groups is 1. The molecule has 1 aliphatic rings. The predicted octanol–water partition coefficient (Wildman–Crippen LogP) is 5.69. The second kappa shape index (κ2) is 12.3. The van der Waals surface area contributed by atoms with Crippen molar-refractivity contribution in [2.24, 2.45) is 0 Å². The van der Waals surface area contributed by atoms with E-state index in [0.717, 1.165) is 23.4 Å². The number of anilines is 1. The zero-order valence-electron chi connectivity index (χ0n) is 23.8. The third-order valence-corrected chi connectivity index (χ3v) is 8.63. The Hall–Kier alpha value is -3.03. The Bertz CT molecular complexity index is 1490. The van der Waals surface area contributed by atoms with Crippen molar-refractivity contribution in [2.75, 3.05) is 30.3 Å². The van der Waals surface area contributed by atoms with Gasteiger partial charge in [0, 0.05) is 42.5 Å². The molecule has 42 heavy (non-hydrogen) atoms. The summed E-state index contributed by atoms with van der Waals surface area (Å²) in [4.78, 5) is 39.7. The molecule has 2 aromatic heterocycles. The quantitative estimate of drug-likeness (QED) is 0.335. The van der Waals surface area contributed by atoms with Crippen LogP contribution in [0, 0.1) is 0 Å². The fourth-order valence-electron chi connectivity index (χ4n) is 5.05. The molecule has 1 unspecified atom stereocenters.